The van der Waals surface area contributed by atoms with Crippen molar-refractivity contribution in [1.29, 1.82) is 0 Å². The van der Waals surface area contributed by atoms with Crippen molar-refractivity contribution in [2.75, 3.05) is 12.8 Å². The summed E-state index contributed by atoms with van der Waals surface area (Å²) in [4.78, 5) is 18.6. The largest absolute Gasteiger partial charge is 0.398 e. The number of carbonyl (C=O) groups is 1. The first-order valence-corrected chi connectivity index (χ1v) is 3.15. The fraction of sp³-hybridized carbons (Fsp3) is 0.200. The van der Waals surface area contributed by atoms with Crippen LogP contribution in [0.1, 0.15) is 5.82 Å². The van der Waals surface area contributed by atoms with E-state index in [2.05, 4.69) is 24.7 Å². The Morgan fingerprint density at radius 3 is 2.77 bits per heavy atom. The van der Waals surface area contributed by atoms with Crippen LogP contribution in [0.5, 0.6) is 0 Å². The molecule has 8 nitrogen and oxygen atoms in total. The fourth-order valence-electron chi connectivity index (χ4n) is 0.619. The maximum Gasteiger partial charge on any atom is 0.319 e. The molecule has 1 aromatic heterocycles. The van der Waals surface area contributed by atoms with E-state index in [4.69, 9.17) is 11.5 Å². The highest BCUT2D eigenvalue weighted by Crippen LogP contribution is 1.99. The van der Waals surface area contributed by atoms with Crippen molar-refractivity contribution in [1.82, 2.24) is 10.1 Å². The van der Waals surface area contributed by atoms with E-state index >= 15 is 0 Å². The summed E-state index contributed by atoms with van der Waals surface area (Å²) >= 11 is 0. The van der Waals surface area contributed by atoms with Gasteiger partial charge < -0.3 is 20.8 Å². The molecule has 70 valence electrons. The molecule has 0 spiro atoms. The second-order valence-electron chi connectivity index (χ2n) is 1.94. The van der Waals surface area contributed by atoms with Crippen molar-refractivity contribution in [3.8, 4) is 0 Å². The number of hydrogen-bond donors (Lipinski definition) is 2. The van der Waals surface area contributed by atoms with E-state index in [0.717, 1.165) is 0 Å². The third-order valence-electron chi connectivity index (χ3n) is 1.07. The molecular formula is C5H7N5O3. The number of nitrogen functional groups attached to an aromatic ring is 1. The van der Waals surface area contributed by atoms with Crippen LogP contribution in [-0.4, -0.2) is 28.9 Å². The quantitative estimate of drug-likeness (QED) is 0.434. The Hall–Kier alpha value is -2.12. The number of nitrogens with zero attached hydrogens (tertiary/aromatic N) is 3. The Morgan fingerprint density at radius 2 is 2.38 bits per heavy atom. The number of carbonyl (C=O) groups excluding carboxylic acids is 1. The molecule has 0 unspecified atom stereocenters. The number of amides is 1. The molecule has 0 aromatic carbocycles. The van der Waals surface area contributed by atoms with E-state index in [9.17, 15) is 4.79 Å². The Labute approximate surface area is 72.5 Å². The summed E-state index contributed by atoms with van der Waals surface area (Å²) in [6, 6.07) is -0.181. The fourth-order valence-corrected chi connectivity index (χ4v) is 0.619. The molecule has 0 saturated carbocycles. The van der Waals surface area contributed by atoms with Gasteiger partial charge in [0.2, 0.25) is 11.5 Å². The minimum absolute atomic E-state index is 0.105. The third-order valence-corrected chi connectivity index (χ3v) is 1.07. The van der Waals surface area contributed by atoms with Gasteiger partial charge in [0.05, 0.1) is 0 Å². The average molecular weight is 185 g/mol. The number of nitrogens with two attached hydrogens (primary N) is 2. The number of anilines is 1. The number of aromatic nitrogens is 2. The van der Waals surface area contributed by atoms with Gasteiger partial charge in [-0.25, -0.2) is 0 Å². The van der Waals surface area contributed by atoms with E-state index in [0.29, 0.717) is 0 Å². The molecule has 1 aromatic rings. The lowest BCUT2D eigenvalue weighted by molar-refractivity contribution is -0.112. The van der Waals surface area contributed by atoms with Crippen molar-refractivity contribution < 1.29 is 14.2 Å². The van der Waals surface area contributed by atoms with Crippen molar-refractivity contribution >= 4 is 17.6 Å². The minimum atomic E-state index is -0.831. The standard InChI is InChI=1S/C5H7N5O3/c1-12-9-2(3(6)11)4-8-5(7)13-10-4/h1H3,(H2,6,11)(H2,7,8,10). The maximum atomic E-state index is 10.7. The zero-order chi connectivity index (χ0) is 9.84. The van der Waals surface area contributed by atoms with Crippen molar-refractivity contribution in [2.45, 2.75) is 0 Å². The van der Waals surface area contributed by atoms with E-state index in [-0.39, 0.29) is 17.6 Å². The summed E-state index contributed by atoms with van der Waals surface area (Å²) in [7, 11) is 1.26. The first-order chi connectivity index (χ1) is 6.15. The third kappa shape index (κ3) is 1.92. The topological polar surface area (TPSA) is 130 Å². The molecule has 4 N–H and O–H groups in total. The number of primary amides is 1. The van der Waals surface area contributed by atoms with Gasteiger partial charge in [-0.3, -0.25) is 4.79 Å². The van der Waals surface area contributed by atoms with Crippen molar-refractivity contribution in [3.05, 3.63) is 5.82 Å². The Balaban J connectivity index is 3.02. The normalized spacial score (nSPS) is 11.3. The smallest absolute Gasteiger partial charge is 0.319 e. The van der Waals surface area contributed by atoms with Gasteiger partial charge in [-0.1, -0.05) is 10.3 Å². The summed E-state index contributed by atoms with van der Waals surface area (Å²) in [6.45, 7) is 0. The highest BCUT2D eigenvalue weighted by Gasteiger charge is 2.17. The van der Waals surface area contributed by atoms with Crippen LogP contribution in [0.3, 0.4) is 0 Å². The predicted molar refractivity (Wildman–Crippen MR) is 41.5 cm³/mol. The molecule has 1 rings (SSSR count). The lowest BCUT2D eigenvalue weighted by Gasteiger charge is -1.92. The Kier molecular flexibility index (Phi) is 2.43. The summed E-state index contributed by atoms with van der Waals surface area (Å²) < 4.78 is 4.41. The van der Waals surface area contributed by atoms with Crippen molar-refractivity contribution in [2.24, 2.45) is 10.9 Å². The number of rotatable bonds is 3. The van der Waals surface area contributed by atoms with Crippen LogP contribution < -0.4 is 11.5 Å². The van der Waals surface area contributed by atoms with Crippen LogP contribution in [0.4, 0.5) is 6.01 Å². The lowest BCUT2D eigenvalue weighted by Crippen LogP contribution is -2.25. The Bertz CT molecular complexity index is 344. The van der Waals surface area contributed by atoms with Crippen LogP contribution in [-0.2, 0) is 9.63 Å². The molecule has 0 aliphatic heterocycles. The first kappa shape index (κ1) is 8.97. The highest BCUT2D eigenvalue weighted by atomic mass is 16.6. The minimum Gasteiger partial charge on any atom is -0.398 e. The summed E-state index contributed by atoms with van der Waals surface area (Å²) in [5, 5.41) is 6.64. The summed E-state index contributed by atoms with van der Waals surface area (Å²) in [6.07, 6.45) is 0. The molecule has 0 saturated heterocycles. The van der Waals surface area contributed by atoms with Crippen LogP contribution >= 0.6 is 0 Å². The van der Waals surface area contributed by atoms with Gasteiger partial charge in [0.1, 0.15) is 7.11 Å². The lowest BCUT2D eigenvalue weighted by atomic mass is 10.3. The highest BCUT2D eigenvalue weighted by molar-refractivity contribution is 6.43. The Morgan fingerprint density at radius 1 is 1.69 bits per heavy atom. The van der Waals surface area contributed by atoms with Gasteiger partial charge in [-0.2, -0.15) is 4.98 Å². The molecule has 0 atom stereocenters. The van der Waals surface area contributed by atoms with Crippen LogP contribution in [0, 0.1) is 0 Å². The molecule has 8 heteroatoms. The van der Waals surface area contributed by atoms with E-state index in [1.165, 1.54) is 7.11 Å². The van der Waals surface area contributed by atoms with Gasteiger partial charge in [-0.15, -0.1) is 0 Å². The maximum absolute atomic E-state index is 10.7. The summed E-state index contributed by atoms with van der Waals surface area (Å²) in [5.41, 5.74) is 9.83. The molecule has 0 fully saturated rings. The molecule has 0 radical (unpaired) electrons. The van der Waals surface area contributed by atoms with Crippen molar-refractivity contribution in [3.63, 3.8) is 0 Å². The number of hydrogen-bond acceptors (Lipinski definition) is 7. The van der Waals surface area contributed by atoms with Gasteiger partial charge >= 0.3 is 6.01 Å². The number of oxime groups is 1. The zero-order valence-corrected chi connectivity index (χ0v) is 6.72. The van der Waals surface area contributed by atoms with Gasteiger partial charge in [0.15, 0.2) is 0 Å². The van der Waals surface area contributed by atoms with E-state index in [1.807, 2.05) is 0 Å². The van der Waals surface area contributed by atoms with E-state index in [1.54, 1.807) is 0 Å². The summed E-state index contributed by atoms with van der Waals surface area (Å²) in [5.74, 6) is -0.936. The monoisotopic (exact) mass is 185 g/mol. The molecule has 0 bridgehead atoms. The predicted octanol–water partition coefficient (Wildman–Crippen LogP) is -1.51. The molecule has 1 amide bonds. The molecule has 0 aliphatic rings. The van der Waals surface area contributed by atoms with Gasteiger partial charge in [0, 0.05) is 0 Å². The first-order valence-electron chi connectivity index (χ1n) is 3.15. The molecule has 13 heavy (non-hydrogen) atoms. The van der Waals surface area contributed by atoms with Gasteiger partial charge in [-0.05, 0) is 0 Å². The SMILES string of the molecule is CON=C(C(N)=O)c1noc(N)n1. The van der Waals surface area contributed by atoms with Crippen LogP contribution in [0.15, 0.2) is 9.68 Å². The molecule has 1 heterocycles. The van der Waals surface area contributed by atoms with Crippen LogP contribution in [0.2, 0.25) is 0 Å². The zero-order valence-electron chi connectivity index (χ0n) is 6.72. The molecular weight excluding hydrogens is 178 g/mol. The van der Waals surface area contributed by atoms with Gasteiger partial charge in [0.25, 0.3) is 5.91 Å². The van der Waals surface area contributed by atoms with Crippen LogP contribution in [0.25, 0.3) is 0 Å². The van der Waals surface area contributed by atoms with E-state index < -0.39 is 5.91 Å². The second-order valence-corrected chi connectivity index (χ2v) is 1.94. The average Bonchev–Trinajstić information content (AvgIpc) is 2.46. The molecule has 0 aliphatic carbocycles. The second kappa shape index (κ2) is 3.52.